The van der Waals surface area contributed by atoms with E-state index in [4.69, 9.17) is 16.9 Å². The predicted octanol–water partition coefficient (Wildman–Crippen LogP) is 3.09. The summed E-state index contributed by atoms with van der Waals surface area (Å²) in [4.78, 5) is 3.89. The summed E-state index contributed by atoms with van der Waals surface area (Å²) in [5.74, 6) is -0.423. The molecule has 1 aromatic rings. The minimum Gasteiger partial charge on any atom is -0.404 e. The molecule has 0 saturated heterocycles. The maximum Gasteiger partial charge on any atom is 0.573 e. The minimum atomic E-state index is -4.77. The first kappa shape index (κ1) is 13.6. The Labute approximate surface area is 101 Å². The summed E-state index contributed by atoms with van der Waals surface area (Å²) in [6.07, 6.45) is -4.78. The second-order valence-corrected chi connectivity index (χ2v) is 3.46. The van der Waals surface area contributed by atoms with Gasteiger partial charge in [-0.2, -0.15) is 5.26 Å². The van der Waals surface area contributed by atoms with Crippen LogP contribution in [0.25, 0.3) is 0 Å². The van der Waals surface area contributed by atoms with Crippen LogP contribution in [-0.4, -0.2) is 11.3 Å². The van der Waals surface area contributed by atoms with Crippen molar-refractivity contribution in [3.63, 3.8) is 0 Å². The number of aromatic nitrogens is 1. The van der Waals surface area contributed by atoms with Gasteiger partial charge < -0.3 is 4.74 Å². The molecule has 0 aliphatic heterocycles. The average Bonchev–Trinajstić information content (AvgIpc) is 2.20. The van der Waals surface area contributed by atoms with Gasteiger partial charge in [0.05, 0.1) is 23.9 Å². The van der Waals surface area contributed by atoms with Gasteiger partial charge in [-0.3, -0.25) is 4.98 Å². The van der Waals surface area contributed by atoms with Crippen molar-refractivity contribution in [2.24, 2.45) is 0 Å². The summed E-state index contributed by atoms with van der Waals surface area (Å²) in [6.45, 7) is 1.37. The fraction of sp³-hybridized carbons (Fsp3) is 0.400. The number of aryl methyl sites for hydroxylation is 1. The Morgan fingerprint density at radius 2 is 2.18 bits per heavy atom. The number of hydrogen-bond donors (Lipinski definition) is 0. The van der Waals surface area contributed by atoms with Crippen LogP contribution in [0.4, 0.5) is 13.2 Å². The molecule has 1 rings (SSSR count). The maximum atomic E-state index is 12.1. The van der Waals surface area contributed by atoms with Gasteiger partial charge in [-0.25, -0.2) is 0 Å². The standard InChI is InChI=1S/C10H8ClF3N2O/c1-6-9(17-10(12,13)14)4-7(5-11)8(16-6)2-3-15/h4H,2,5H2,1H3. The van der Waals surface area contributed by atoms with E-state index in [0.717, 1.165) is 6.07 Å². The van der Waals surface area contributed by atoms with Gasteiger partial charge in [0.1, 0.15) is 0 Å². The first-order valence-corrected chi connectivity index (χ1v) is 5.09. The van der Waals surface area contributed by atoms with Crippen LogP contribution in [0.5, 0.6) is 5.75 Å². The Morgan fingerprint density at radius 1 is 1.53 bits per heavy atom. The first-order valence-electron chi connectivity index (χ1n) is 4.55. The third-order valence-electron chi connectivity index (χ3n) is 1.95. The van der Waals surface area contributed by atoms with Gasteiger partial charge >= 0.3 is 6.36 Å². The van der Waals surface area contributed by atoms with Crippen LogP contribution >= 0.6 is 11.6 Å². The van der Waals surface area contributed by atoms with Gasteiger partial charge in [-0.05, 0) is 18.6 Å². The molecule has 0 bridgehead atoms. The highest BCUT2D eigenvalue weighted by atomic mass is 35.5. The van der Waals surface area contributed by atoms with E-state index in [1.54, 1.807) is 0 Å². The summed E-state index contributed by atoms with van der Waals surface area (Å²) < 4.78 is 40.0. The zero-order valence-corrected chi connectivity index (χ0v) is 9.56. The Hall–Kier alpha value is -1.48. The fourth-order valence-electron chi connectivity index (χ4n) is 1.25. The number of hydrogen-bond acceptors (Lipinski definition) is 3. The zero-order valence-electron chi connectivity index (χ0n) is 8.81. The summed E-state index contributed by atoms with van der Waals surface area (Å²) in [6, 6.07) is 3.03. The van der Waals surface area contributed by atoms with Gasteiger partial charge in [-0.15, -0.1) is 24.8 Å². The number of pyridine rings is 1. The molecule has 1 heterocycles. The number of nitriles is 1. The van der Waals surface area contributed by atoms with Crippen LogP contribution < -0.4 is 4.74 Å². The molecule has 0 N–H and O–H groups in total. The smallest absolute Gasteiger partial charge is 0.404 e. The van der Waals surface area contributed by atoms with Crippen molar-refractivity contribution >= 4 is 11.6 Å². The van der Waals surface area contributed by atoms with Crippen LogP contribution in [0.2, 0.25) is 0 Å². The highest BCUT2D eigenvalue weighted by Crippen LogP contribution is 2.27. The number of ether oxygens (including phenoxy) is 1. The lowest BCUT2D eigenvalue weighted by Crippen LogP contribution is -2.18. The molecule has 0 aliphatic carbocycles. The molecule has 0 saturated carbocycles. The van der Waals surface area contributed by atoms with Crippen LogP contribution in [-0.2, 0) is 12.3 Å². The molecule has 17 heavy (non-hydrogen) atoms. The van der Waals surface area contributed by atoms with Gasteiger partial charge in [0.25, 0.3) is 0 Å². The van der Waals surface area contributed by atoms with Crippen molar-refractivity contribution in [2.75, 3.05) is 0 Å². The normalized spacial score (nSPS) is 11.1. The van der Waals surface area contributed by atoms with Gasteiger partial charge in [0.15, 0.2) is 5.75 Å². The average molecular weight is 265 g/mol. The minimum absolute atomic E-state index is 0.00477. The van der Waals surface area contributed by atoms with Gasteiger partial charge in [0.2, 0.25) is 0 Å². The van der Waals surface area contributed by atoms with E-state index in [2.05, 4.69) is 9.72 Å². The topological polar surface area (TPSA) is 45.9 Å². The van der Waals surface area contributed by atoms with Crippen molar-refractivity contribution in [2.45, 2.75) is 25.6 Å². The SMILES string of the molecule is Cc1nc(CC#N)c(CCl)cc1OC(F)(F)F. The second kappa shape index (κ2) is 5.23. The predicted molar refractivity (Wildman–Crippen MR) is 54.5 cm³/mol. The Kier molecular flexibility index (Phi) is 4.18. The molecule has 0 unspecified atom stereocenters. The lowest BCUT2D eigenvalue weighted by molar-refractivity contribution is -0.275. The van der Waals surface area contributed by atoms with Crippen LogP contribution in [0.3, 0.4) is 0 Å². The fourth-order valence-corrected chi connectivity index (χ4v) is 1.48. The largest absolute Gasteiger partial charge is 0.573 e. The van der Waals surface area contributed by atoms with E-state index >= 15 is 0 Å². The summed E-state index contributed by atoms with van der Waals surface area (Å²) in [5.41, 5.74) is 0.800. The highest BCUT2D eigenvalue weighted by Gasteiger charge is 2.32. The van der Waals surface area contributed by atoms with Crippen molar-refractivity contribution < 1.29 is 17.9 Å². The van der Waals surface area contributed by atoms with E-state index in [1.165, 1.54) is 6.92 Å². The molecular weight excluding hydrogens is 257 g/mol. The Balaban J connectivity index is 3.14. The summed E-state index contributed by atoms with van der Waals surface area (Å²) in [7, 11) is 0. The molecule has 0 atom stereocenters. The van der Waals surface area contributed by atoms with Gasteiger partial charge in [0, 0.05) is 5.88 Å². The number of halogens is 4. The van der Waals surface area contributed by atoms with E-state index in [9.17, 15) is 13.2 Å². The molecule has 0 aliphatic rings. The Morgan fingerprint density at radius 3 is 2.65 bits per heavy atom. The monoisotopic (exact) mass is 264 g/mol. The molecular formula is C10H8ClF3N2O. The van der Waals surface area contributed by atoms with E-state index in [1.807, 2.05) is 6.07 Å². The highest BCUT2D eigenvalue weighted by molar-refractivity contribution is 6.17. The number of nitrogens with zero attached hydrogens (tertiary/aromatic N) is 2. The molecule has 0 radical (unpaired) electrons. The lowest BCUT2D eigenvalue weighted by Gasteiger charge is -2.13. The third-order valence-corrected chi connectivity index (χ3v) is 2.24. The molecule has 0 fully saturated rings. The van der Waals surface area contributed by atoms with Crippen molar-refractivity contribution in [1.29, 1.82) is 5.26 Å². The second-order valence-electron chi connectivity index (χ2n) is 3.19. The molecule has 7 heteroatoms. The number of rotatable bonds is 3. The molecule has 92 valence electrons. The summed E-state index contributed by atoms with van der Waals surface area (Å²) in [5, 5.41) is 8.54. The van der Waals surface area contributed by atoms with Gasteiger partial charge in [-0.1, -0.05) is 0 Å². The first-order chi connectivity index (χ1) is 7.87. The Bertz CT molecular complexity index is 454. The third kappa shape index (κ3) is 3.79. The summed E-state index contributed by atoms with van der Waals surface area (Å²) >= 11 is 5.58. The van der Waals surface area contributed by atoms with Crippen molar-refractivity contribution in [3.05, 3.63) is 23.0 Å². The molecule has 0 amide bonds. The van der Waals surface area contributed by atoms with Crippen LogP contribution in [0.1, 0.15) is 17.0 Å². The molecule has 3 nitrogen and oxygen atoms in total. The van der Waals surface area contributed by atoms with E-state index < -0.39 is 12.1 Å². The maximum absolute atomic E-state index is 12.1. The van der Waals surface area contributed by atoms with Crippen LogP contribution in [0, 0.1) is 18.3 Å². The van der Waals surface area contributed by atoms with Crippen LogP contribution in [0.15, 0.2) is 6.07 Å². The van der Waals surface area contributed by atoms with Crippen molar-refractivity contribution in [1.82, 2.24) is 4.98 Å². The zero-order chi connectivity index (χ0) is 13.1. The van der Waals surface area contributed by atoms with E-state index in [-0.39, 0.29) is 18.0 Å². The van der Waals surface area contributed by atoms with E-state index in [0.29, 0.717) is 11.3 Å². The number of alkyl halides is 4. The quantitative estimate of drug-likeness (QED) is 0.788. The molecule has 0 aromatic carbocycles. The molecule has 1 aromatic heterocycles. The lowest BCUT2D eigenvalue weighted by atomic mass is 10.1. The van der Waals surface area contributed by atoms with Crippen molar-refractivity contribution in [3.8, 4) is 11.8 Å². The molecule has 0 spiro atoms.